The van der Waals surface area contributed by atoms with Crippen LogP contribution in [0.3, 0.4) is 0 Å². The molecule has 6 nitrogen and oxygen atoms in total. The van der Waals surface area contributed by atoms with Gasteiger partial charge in [-0.2, -0.15) is 12.1 Å². The smallest absolute Gasteiger partial charge is 0.509 e. The molecule has 0 amide bonds. The van der Waals surface area contributed by atoms with Crippen molar-refractivity contribution in [3.8, 4) is 45.3 Å². The van der Waals surface area contributed by atoms with Gasteiger partial charge < -0.3 is 13.9 Å². The van der Waals surface area contributed by atoms with Crippen LogP contribution in [0.2, 0.25) is 0 Å². The zero-order valence-corrected chi connectivity index (χ0v) is 44.9. The molecule has 0 bridgehead atoms. The quantitative estimate of drug-likeness (QED) is 0.112. The number of fused-ring (bicyclic) bond motifs is 7. The number of para-hydroxylation sites is 3. The van der Waals surface area contributed by atoms with E-state index in [1.54, 1.807) is 0 Å². The maximum Gasteiger partial charge on any atom is 2.00 e. The zero-order valence-electron chi connectivity index (χ0n) is 42.7. The molecule has 4 heterocycles. The van der Waals surface area contributed by atoms with E-state index in [0.717, 1.165) is 72.8 Å². The fourth-order valence-corrected chi connectivity index (χ4v) is 10.7. The van der Waals surface area contributed by atoms with Crippen molar-refractivity contribution in [2.24, 2.45) is 0 Å². The van der Waals surface area contributed by atoms with Gasteiger partial charge in [-0.25, -0.2) is 4.98 Å². The van der Waals surface area contributed by atoms with Crippen LogP contribution in [0.5, 0.6) is 11.5 Å². The van der Waals surface area contributed by atoms with Crippen LogP contribution >= 0.6 is 0 Å². The summed E-state index contributed by atoms with van der Waals surface area (Å²) in [7, 11) is 0. The van der Waals surface area contributed by atoms with Gasteiger partial charge in [0.25, 0.3) is 5.69 Å². The van der Waals surface area contributed by atoms with Crippen LogP contribution in [0, 0.1) is 12.1 Å². The molecule has 0 atom stereocenters. The van der Waals surface area contributed by atoms with Crippen molar-refractivity contribution in [1.29, 1.82) is 0 Å². The number of benzene rings is 9. The van der Waals surface area contributed by atoms with E-state index >= 15 is 0 Å². The monoisotopic (exact) mass is 1150 g/mol. The van der Waals surface area contributed by atoms with E-state index in [4.69, 9.17) is 9.72 Å². The summed E-state index contributed by atoms with van der Waals surface area (Å²) in [6.07, 6.45) is 1.92. The Morgan fingerprint density at radius 1 is 0.480 bits per heavy atom. The number of rotatable bonds is 8. The van der Waals surface area contributed by atoms with Crippen LogP contribution in [0.4, 0.5) is 22.7 Å². The average Bonchev–Trinajstić information content (AvgIpc) is 4.09. The van der Waals surface area contributed by atoms with Crippen LogP contribution in [-0.4, -0.2) is 20.1 Å². The molecule has 364 valence electrons. The van der Waals surface area contributed by atoms with Gasteiger partial charge in [0.05, 0.1) is 16.6 Å². The minimum atomic E-state index is -0.0772. The fraction of sp³-hybridized carbons (Fsp3) is 0.118. The molecule has 9 aromatic carbocycles. The number of ether oxygens (including phenoxy) is 1. The van der Waals surface area contributed by atoms with Crippen LogP contribution in [-0.2, 0) is 31.9 Å². The van der Waals surface area contributed by atoms with E-state index in [9.17, 15) is 0 Å². The predicted molar refractivity (Wildman–Crippen MR) is 306 cm³/mol. The first-order chi connectivity index (χ1) is 35.9. The van der Waals surface area contributed by atoms with Gasteiger partial charge in [0.2, 0.25) is 5.69 Å². The molecule has 75 heavy (non-hydrogen) atoms. The molecule has 0 spiro atoms. The molecule has 0 unspecified atom stereocenters. The van der Waals surface area contributed by atoms with Gasteiger partial charge in [-0.1, -0.05) is 167 Å². The van der Waals surface area contributed by atoms with Gasteiger partial charge in [-0.3, -0.25) is 0 Å². The third kappa shape index (κ3) is 8.41. The summed E-state index contributed by atoms with van der Waals surface area (Å²) >= 11 is 0. The average molecular weight is 1150 g/mol. The molecule has 1 aliphatic rings. The van der Waals surface area contributed by atoms with Crippen molar-refractivity contribution in [1.82, 2.24) is 23.3 Å². The summed E-state index contributed by atoms with van der Waals surface area (Å²) in [4.78, 5) is 5.00. The number of hydrogen-bond donors (Lipinski definition) is 0. The van der Waals surface area contributed by atoms with Crippen LogP contribution < -0.4 is 13.9 Å². The normalized spacial score (nSPS) is 12.5. The first kappa shape index (κ1) is 47.6. The van der Waals surface area contributed by atoms with E-state index in [1.807, 2.05) is 24.4 Å². The number of pyridine rings is 1. The summed E-state index contributed by atoms with van der Waals surface area (Å²) in [5.74, 6) is 1.96. The third-order valence-corrected chi connectivity index (χ3v) is 14.5. The van der Waals surface area contributed by atoms with Gasteiger partial charge in [-0.05, 0) is 103 Å². The molecular weight excluding hydrogens is 1100 g/mol. The number of nitrogens with zero attached hydrogens (tertiary/aromatic N) is 5. The van der Waals surface area contributed by atoms with Crippen molar-refractivity contribution in [3.63, 3.8) is 0 Å². The second kappa shape index (κ2) is 18.5. The molecule has 0 radical (unpaired) electrons. The van der Waals surface area contributed by atoms with Crippen molar-refractivity contribution in [2.45, 2.75) is 52.4 Å². The largest absolute Gasteiger partial charge is 2.00 e. The first-order valence-corrected chi connectivity index (χ1v) is 25.4. The van der Waals surface area contributed by atoms with Gasteiger partial charge in [-0.15, -0.1) is 23.6 Å². The van der Waals surface area contributed by atoms with Crippen molar-refractivity contribution < 1.29 is 25.8 Å². The Labute approximate surface area is 452 Å². The molecule has 0 N–H and O–H groups in total. The Balaban J connectivity index is 0.00000569. The minimum absolute atomic E-state index is 0. The second-order valence-electron chi connectivity index (χ2n) is 21.3. The molecule has 12 aromatic rings. The standard InChI is InChI=1S/C68H53N5O.Pt/c1-67(2,3)48-22-15-23-50(39-48)71-44-70(63-31-17-28-55(66(63)71)47-21-14-20-46(38-47)45-18-8-7-9-19-45)51-24-16-25-53(41-51)74-54-33-34-58-59-42-52(72-60-29-12-10-26-56(60)57-27-11-13-30-61(57)72)32-35-62(59)73(64(58)43-54)65-40-49(36-37-69-65)68(4,5)6;/h7-40,42H,1-6H3;/q;+2. The van der Waals surface area contributed by atoms with E-state index in [-0.39, 0.29) is 31.9 Å². The zero-order chi connectivity index (χ0) is 50.3. The summed E-state index contributed by atoms with van der Waals surface area (Å²) in [6.45, 7) is 13.5. The summed E-state index contributed by atoms with van der Waals surface area (Å²) in [5.41, 5.74) is 16.1. The molecule has 7 heteroatoms. The van der Waals surface area contributed by atoms with Gasteiger partial charge >= 0.3 is 32.8 Å². The van der Waals surface area contributed by atoms with E-state index in [1.165, 1.54) is 38.5 Å². The summed E-state index contributed by atoms with van der Waals surface area (Å²) in [6, 6.07) is 84.4. The van der Waals surface area contributed by atoms with Crippen molar-refractivity contribution >= 4 is 72.4 Å². The fourth-order valence-electron chi connectivity index (χ4n) is 10.7. The molecule has 0 fully saturated rings. The van der Waals surface area contributed by atoms with Gasteiger partial charge in [0, 0.05) is 57.9 Å². The van der Waals surface area contributed by atoms with Crippen LogP contribution in [0.25, 0.3) is 77.4 Å². The number of hydrogen-bond acceptors (Lipinski definition) is 2. The maximum absolute atomic E-state index is 6.81. The van der Waals surface area contributed by atoms with Crippen LogP contribution in [0.1, 0.15) is 52.7 Å². The van der Waals surface area contributed by atoms with E-state index in [0.29, 0.717) is 11.5 Å². The maximum atomic E-state index is 6.81. The first-order valence-electron chi connectivity index (χ1n) is 25.4. The number of aromatic nitrogens is 3. The molecule has 3 aromatic heterocycles. The Bertz CT molecular complexity index is 4240. The predicted octanol–water partition coefficient (Wildman–Crippen LogP) is 17.5. The summed E-state index contributed by atoms with van der Waals surface area (Å²) in [5, 5.41) is 4.61. The van der Waals surface area contributed by atoms with Crippen LogP contribution in [0.15, 0.2) is 212 Å². The Hall–Kier alpha value is -8.40. The minimum Gasteiger partial charge on any atom is -0.509 e. The molecule has 0 saturated heterocycles. The van der Waals surface area contributed by atoms with Crippen molar-refractivity contribution in [2.75, 3.05) is 0 Å². The third-order valence-electron chi connectivity index (χ3n) is 14.5. The van der Waals surface area contributed by atoms with Gasteiger partial charge in [0.1, 0.15) is 11.5 Å². The molecule has 1 aliphatic heterocycles. The topological polar surface area (TPSA) is 38.0 Å². The Morgan fingerprint density at radius 2 is 1.13 bits per heavy atom. The molecule has 0 saturated carbocycles. The molecule has 0 aliphatic carbocycles. The second-order valence-corrected chi connectivity index (χ2v) is 21.3. The Morgan fingerprint density at radius 3 is 1.91 bits per heavy atom. The molecule has 13 rings (SSSR count). The Kier molecular flexibility index (Phi) is 11.7. The molecular formula is C68H53N5OPt+2. The van der Waals surface area contributed by atoms with E-state index < -0.39 is 0 Å². The van der Waals surface area contributed by atoms with E-state index in [2.05, 4.69) is 266 Å². The SMILES string of the molecule is CC(C)(C)c1cccc([N+]2=C=[N+](c3[c-]c(Oc4[c-]c5c(cc4)c4cc(-n6c7ccccc7c7ccccc76)ccc4n5-c4cc(C(C)(C)C)ccn4)ccc3)c3cccc(-c4cccc(-c5ccccc5)c4)c32)c1.[Pt+2]. The van der Waals surface area contributed by atoms with Crippen molar-refractivity contribution in [3.05, 3.63) is 236 Å². The summed E-state index contributed by atoms with van der Waals surface area (Å²) < 4.78 is 15.7. The van der Waals surface area contributed by atoms with Gasteiger partial charge in [0.15, 0.2) is 0 Å².